The molecular weight excluding hydrogens is 158 g/mol. The Balaban J connectivity index is 3.01. The van der Waals surface area contributed by atoms with Gasteiger partial charge in [-0.05, 0) is 12.8 Å². The van der Waals surface area contributed by atoms with E-state index in [4.69, 9.17) is 5.26 Å². The lowest BCUT2D eigenvalue weighted by molar-refractivity contribution is -0.419. The van der Waals surface area contributed by atoms with Crippen molar-refractivity contribution in [1.29, 1.82) is 5.26 Å². The summed E-state index contributed by atoms with van der Waals surface area (Å²) in [7, 11) is 1.77. The van der Waals surface area contributed by atoms with E-state index in [1.54, 1.807) is 18.0 Å². The van der Waals surface area contributed by atoms with E-state index in [0.29, 0.717) is 12.1 Å². The second-order valence-corrected chi connectivity index (χ2v) is 2.69. The lowest BCUT2D eigenvalue weighted by Crippen LogP contribution is -2.14. The van der Waals surface area contributed by atoms with Crippen LogP contribution in [0.3, 0.4) is 0 Å². The summed E-state index contributed by atoms with van der Waals surface area (Å²) in [5, 5.41) is 18.9. The van der Waals surface area contributed by atoms with E-state index in [2.05, 4.69) is 0 Å². The molecule has 1 aliphatic heterocycles. The van der Waals surface area contributed by atoms with Crippen molar-refractivity contribution in [2.45, 2.75) is 12.8 Å². The first-order valence-electron chi connectivity index (χ1n) is 3.65. The lowest BCUT2D eigenvalue weighted by atomic mass is 10.2. The monoisotopic (exact) mass is 167 g/mol. The summed E-state index contributed by atoms with van der Waals surface area (Å²) < 4.78 is 0. The second-order valence-electron chi connectivity index (χ2n) is 2.69. The number of allylic oxidation sites excluding steroid dienone is 2. The van der Waals surface area contributed by atoms with Crippen LogP contribution in [-0.2, 0) is 0 Å². The first-order valence-corrected chi connectivity index (χ1v) is 3.65. The molecule has 0 aromatic carbocycles. The van der Waals surface area contributed by atoms with Gasteiger partial charge < -0.3 is 4.90 Å². The number of nitrogens with zero attached hydrogens (tertiary/aromatic N) is 3. The Morgan fingerprint density at radius 2 is 2.50 bits per heavy atom. The highest BCUT2D eigenvalue weighted by molar-refractivity contribution is 5.21. The molecule has 1 fully saturated rings. The molecule has 1 rings (SSSR count). The molecule has 5 heteroatoms. The number of likely N-dealkylation sites (tertiary alicyclic amines) is 1. The van der Waals surface area contributed by atoms with Gasteiger partial charge >= 0.3 is 5.70 Å². The number of nitro groups is 1. The highest BCUT2D eigenvalue weighted by Gasteiger charge is 2.24. The summed E-state index contributed by atoms with van der Waals surface area (Å²) in [6, 6.07) is 1.61. The third kappa shape index (κ3) is 1.37. The van der Waals surface area contributed by atoms with Gasteiger partial charge in [0.1, 0.15) is 5.70 Å². The number of rotatable bonds is 1. The van der Waals surface area contributed by atoms with Crippen molar-refractivity contribution in [2.24, 2.45) is 0 Å². The van der Waals surface area contributed by atoms with Crippen LogP contribution in [0.5, 0.6) is 0 Å². The predicted octanol–water partition coefficient (Wildman–Crippen LogP) is 0.724. The standard InChI is InChI=1S/C7H9N3O2/c1-9-4-2-3-6(9)7(5-8)10(11)12/h2-4H2,1H3/b7-6-. The summed E-state index contributed by atoms with van der Waals surface area (Å²) in [6.45, 7) is 0.800. The molecule has 0 aromatic heterocycles. The molecule has 0 saturated carbocycles. The van der Waals surface area contributed by atoms with E-state index in [-0.39, 0.29) is 5.70 Å². The Hall–Kier alpha value is -1.57. The first kappa shape index (κ1) is 8.53. The van der Waals surface area contributed by atoms with Gasteiger partial charge in [-0.1, -0.05) is 0 Å². The molecule has 0 aliphatic carbocycles. The summed E-state index contributed by atoms with van der Waals surface area (Å²) in [4.78, 5) is 11.5. The zero-order chi connectivity index (χ0) is 9.14. The van der Waals surface area contributed by atoms with Crippen LogP contribution in [0.25, 0.3) is 0 Å². The van der Waals surface area contributed by atoms with E-state index in [0.717, 1.165) is 13.0 Å². The van der Waals surface area contributed by atoms with Crippen LogP contribution in [0.1, 0.15) is 12.8 Å². The van der Waals surface area contributed by atoms with Crippen molar-refractivity contribution in [1.82, 2.24) is 4.90 Å². The summed E-state index contributed by atoms with van der Waals surface area (Å²) in [5.41, 5.74) is 0.248. The molecule has 0 atom stereocenters. The minimum Gasteiger partial charge on any atom is -0.372 e. The Morgan fingerprint density at radius 1 is 1.83 bits per heavy atom. The van der Waals surface area contributed by atoms with Crippen LogP contribution in [0.2, 0.25) is 0 Å². The fourth-order valence-corrected chi connectivity index (χ4v) is 1.32. The molecule has 0 spiro atoms. The normalized spacial score (nSPS) is 20.5. The Kier molecular flexibility index (Phi) is 2.29. The zero-order valence-electron chi connectivity index (χ0n) is 6.78. The fraction of sp³-hybridized carbons (Fsp3) is 0.571. The van der Waals surface area contributed by atoms with E-state index in [9.17, 15) is 10.1 Å². The largest absolute Gasteiger partial charge is 0.372 e. The number of hydrogen-bond acceptors (Lipinski definition) is 4. The molecule has 0 radical (unpaired) electrons. The Bertz CT molecular complexity index is 277. The van der Waals surface area contributed by atoms with Gasteiger partial charge in [0.15, 0.2) is 6.07 Å². The molecule has 0 bridgehead atoms. The van der Waals surface area contributed by atoms with Crippen molar-refractivity contribution in [3.8, 4) is 6.07 Å². The molecule has 5 nitrogen and oxygen atoms in total. The van der Waals surface area contributed by atoms with Crippen LogP contribution < -0.4 is 0 Å². The minimum absolute atomic E-state index is 0.310. The predicted molar refractivity (Wildman–Crippen MR) is 41.5 cm³/mol. The third-order valence-corrected chi connectivity index (χ3v) is 1.93. The third-order valence-electron chi connectivity index (χ3n) is 1.93. The summed E-state index contributed by atoms with van der Waals surface area (Å²) >= 11 is 0. The van der Waals surface area contributed by atoms with Crippen molar-refractivity contribution in [3.05, 3.63) is 21.5 Å². The first-order chi connectivity index (χ1) is 5.66. The number of nitriles is 1. The molecule has 12 heavy (non-hydrogen) atoms. The van der Waals surface area contributed by atoms with Gasteiger partial charge in [0.25, 0.3) is 0 Å². The molecule has 64 valence electrons. The molecule has 1 aliphatic rings. The van der Waals surface area contributed by atoms with Gasteiger partial charge in [0, 0.05) is 13.6 Å². The van der Waals surface area contributed by atoms with Crippen LogP contribution >= 0.6 is 0 Å². The Labute approximate surface area is 70.0 Å². The van der Waals surface area contributed by atoms with E-state index in [1.165, 1.54) is 0 Å². The second kappa shape index (κ2) is 3.22. The van der Waals surface area contributed by atoms with Gasteiger partial charge in [-0.25, -0.2) is 0 Å². The van der Waals surface area contributed by atoms with Crippen molar-refractivity contribution in [2.75, 3.05) is 13.6 Å². The van der Waals surface area contributed by atoms with Crippen LogP contribution in [-0.4, -0.2) is 23.4 Å². The zero-order valence-corrected chi connectivity index (χ0v) is 6.78. The van der Waals surface area contributed by atoms with Gasteiger partial charge in [-0.3, -0.25) is 10.1 Å². The smallest absolute Gasteiger partial charge is 0.364 e. The summed E-state index contributed by atoms with van der Waals surface area (Å²) in [6.07, 6.45) is 1.53. The maximum Gasteiger partial charge on any atom is 0.364 e. The van der Waals surface area contributed by atoms with Gasteiger partial charge in [-0.2, -0.15) is 5.26 Å². The van der Waals surface area contributed by atoms with E-state index in [1.807, 2.05) is 0 Å². The average molecular weight is 167 g/mol. The lowest BCUT2D eigenvalue weighted by Gasteiger charge is -2.09. The van der Waals surface area contributed by atoms with Gasteiger partial charge in [0.05, 0.1) is 4.92 Å². The molecule has 0 aromatic rings. The molecular formula is C7H9N3O2. The van der Waals surface area contributed by atoms with Crippen molar-refractivity contribution < 1.29 is 4.92 Å². The maximum absolute atomic E-state index is 10.4. The van der Waals surface area contributed by atoms with E-state index >= 15 is 0 Å². The topological polar surface area (TPSA) is 70.2 Å². The quantitative estimate of drug-likeness (QED) is 0.328. The highest BCUT2D eigenvalue weighted by atomic mass is 16.6. The molecule has 0 N–H and O–H groups in total. The Morgan fingerprint density at radius 3 is 2.83 bits per heavy atom. The maximum atomic E-state index is 10.4. The highest BCUT2D eigenvalue weighted by Crippen LogP contribution is 2.22. The van der Waals surface area contributed by atoms with Gasteiger partial charge in [-0.15, -0.1) is 0 Å². The fourth-order valence-electron chi connectivity index (χ4n) is 1.32. The number of hydrogen-bond donors (Lipinski definition) is 0. The van der Waals surface area contributed by atoms with Crippen molar-refractivity contribution in [3.63, 3.8) is 0 Å². The van der Waals surface area contributed by atoms with E-state index < -0.39 is 4.92 Å². The summed E-state index contributed by atoms with van der Waals surface area (Å²) in [5.74, 6) is 0. The van der Waals surface area contributed by atoms with Gasteiger partial charge in [0.2, 0.25) is 0 Å². The van der Waals surface area contributed by atoms with Crippen LogP contribution in [0, 0.1) is 21.4 Å². The SMILES string of the molecule is CN1CCC/C1=C(\C#N)[N+](=O)[O-]. The molecule has 0 unspecified atom stereocenters. The molecule has 1 saturated heterocycles. The molecule has 0 amide bonds. The van der Waals surface area contributed by atoms with Crippen LogP contribution in [0.4, 0.5) is 0 Å². The average Bonchev–Trinajstić information content (AvgIpc) is 2.38. The van der Waals surface area contributed by atoms with Crippen molar-refractivity contribution >= 4 is 0 Å². The van der Waals surface area contributed by atoms with Crippen LogP contribution in [0.15, 0.2) is 11.4 Å². The minimum atomic E-state index is -0.614. The molecule has 1 heterocycles.